The first-order valence-electron chi connectivity index (χ1n) is 6.68. The van der Waals surface area contributed by atoms with Gasteiger partial charge in [0, 0.05) is 6.07 Å². The molecule has 4 rings (SSSR count). The summed E-state index contributed by atoms with van der Waals surface area (Å²) < 4.78 is 6.14. The van der Waals surface area contributed by atoms with Crippen LogP contribution in [0.3, 0.4) is 0 Å². The van der Waals surface area contributed by atoms with E-state index < -0.39 is 0 Å². The molecule has 1 aliphatic rings. The first-order valence-corrected chi connectivity index (χ1v) is 6.68. The molecule has 0 radical (unpaired) electrons. The summed E-state index contributed by atoms with van der Waals surface area (Å²) in [5.41, 5.74) is 5.01. The van der Waals surface area contributed by atoms with E-state index in [9.17, 15) is 0 Å². The summed E-state index contributed by atoms with van der Waals surface area (Å²) in [4.78, 5) is 0. The van der Waals surface area contributed by atoms with Crippen LogP contribution in [0.25, 0.3) is 21.9 Å². The Morgan fingerprint density at radius 1 is 0.833 bits per heavy atom. The van der Waals surface area contributed by atoms with Crippen LogP contribution < -0.4 is 0 Å². The highest BCUT2D eigenvalue weighted by Gasteiger charge is 2.21. The number of rotatable bonds is 0. The zero-order valence-corrected chi connectivity index (χ0v) is 10.3. The SMILES string of the molecule is c1ccc2[o+]c3c4c(ccc3cc2c1)CCCC4. The molecule has 0 amide bonds. The van der Waals surface area contributed by atoms with Gasteiger partial charge in [0.05, 0.1) is 16.3 Å². The Morgan fingerprint density at radius 3 is 2.72 bits per heavy atom. The van der Waals surface area contributed by atoms with Crippen molar-refractivity contribution in [2.75, 3.05) is 0 Å². The lowest BCUT2D eigenvalue weighted by atomic mass is 9.90. The van der Waals surface area contributed by atoms with Gasteiger partial charge in [0.2, 0.25) is 0 Å². The van der Waals surface area contributed by atoms with Gasteiger partial charge in [0.15, 0.2) is 0 Å². The molecule has 2 aromatic carbocycles. The van der Waals surface area contributed by atoms with Crippen molar-refractivity contribution in [1.82, 2.24) is 0 Å². The summed E-state index contributed by atoms with van der Waals surface area (Å²) in [6, 6.07) is 15.0. The Morgan fingerprint density at radius 2 is 1.72 bits per heavy atom. The third-order valence-corrected chi connectivity index (χ3v) is 3.95. The Kier molecular flexibility index (Phi) is 2.13. The van der Waals surface area contributed by atoms with Gasteiger partial charge in [-0.3, -0.25) is 0 Å². The van der Waals surface area contributed by atoms with E-state index in [2.05, 4.69) is 36.4 Å². The number of fused-ring (bicyclic) bond motifs is 4. The van der Waals surface area contributed by atoms with Gasteiger partial charge in [-0.1, -0.05) is 18.2 Å². The number of benzene rings is 2. The zero-order valence-electron chi connectivity index (χ0n) is 10.3. The van der Waals surface area contributed by atoms with Crippen molar-refractivity contribution >= 4 is 21.9 Å². The molecule has 1 heteroatoms. The largest absolute Gasteiger partial charge is 0.364 e. The average molecular weight is 235 g/mol. The summed E-state index contributed by atoms with van der Waals surface area (Å²) >= 11 is 0. The van der Waals surface area contributed by atoms with Crippen LogP contribution in [0.15, 0.2) is 46.9 Å². The molecule has 0 spiro atoms. The second-order valence-corrected chi connectivity index (χ2v) is 5.11. The molecular weight excluding hydrogens is 220 g/mol. The second kappa shape index (κ2) is 3.81. The van der Waals surface area contributed by atoms with Gasteiger partial charge in [0.1, 0.15) is 0 Å². The van der Waals surface area contributed by atoms with E-state index >= 15 is 0 Å². The lowest BCUT2D eigenvalue weighted by Gasteiger charge is -2.12. The fourth-order valence-corrected chi connectivity index (χ4v) is 3.02. The maximum atomic E-state index is 6.14. The van der Waals surface area contributed by atoms with Crippen LogP contribution in [0.2, 0.25) is 0 Å². The molecule has 0 saturated heterocycles. The maximum absolute atomic E-state index is 6.14. The summed E-state index contributed by atoms with van der Waals surface area (Å²) in [5, 5.41) is 2.41. The fraction of sp³-hybridized carbons (Fsp3) is 0.235. The monoisotopic (exact) mass is 235 g/mol. The van der Waals surface area contributed by atoms with Crippen molar-refractivity contribution in [1.29, 1.82) is 0 Å². The van der Waals surface area contributed by atoms with Gasteiger partial charge in [-0.05, 0) is 49.4 Å². The molecular formula is C17H15O+. The maximum Gasteiger partial charge on any atom is 0.364 e. The van der Waals surface area contributed by atoms with Crippen molar-refractivity contribution in [2.45, 2.75) is 25.7 Å². The molecule has 0 aliphatic heterocycles. The quantitative estimate of drug-likeness (QED) is 0.404. The number of hydrogen-bond donors (Lipinski definition) is 0. The summed E-state index contributed by atoms with van der Waals surface area (Å²) in [6.45, 7) is 0. The van der Waals surface area contributed by atoms with Crippen LogP contribution in [0.5, 0.6) is 0 Å². The second-order valence-electron chi connectivity index (χ2n) is 5.11. The number of aryl methyl sites for hydroxylation is 2. The molecule has 1 nitrogen and oxygen atoms in total. The highest BCUT2D eigenvalue weighted by atomic mass is 16.3. The Labute approximate surface area is 106 Å². The van der Waals surface area contributed by atoms with Crippen LogP contribution in [-0.4, -0.2) is 0 Å². The van der Waals surface area contributed by atoms with E-state index in [-0.39, 0.29) is 0 Å². The lowest BCUT2D eigenvalue weighted by Crippen LogP contribution is -2.02. The number of para-hydroxylation sites is 1. The molecule has 18 heavy (non-hydrogen) atoms. The van der Waals surface area contributed by atoms with E-state index in [1.54, 1.807) is 0 Å². The Hall–Kier alpha value is -1.89. The molecule has 0 unspecified atom stereocenters. The zero-order chi connectivity index (χ0) is 11.9. The first kappa shape index (κ1) is 10.1. The van der Waals surface area contributed by atoms with Gasteiger partial charge >= 0.3 is 11.2 Å². The van der Waals surface area contributed by atoms with Crippen LogP contribution in [-0.2, 0) is 12.8 Å². The predicted molar refractivity (Wildman–Crippen MR) is 74.8 cm³/mol. The van der Waals surface area contributed by atoms with Crippen molar-refractivity contribution in [3.8, 4) is 0 Å². The summed E-state index contributed by atoms with van der Waals surface area (Å²) in [7, 11) is 0. The summed E-state index contributed by atoms with van der Waals surface area (Å²) in [5.74, 6) is 0. The minimum absolute atomic E-state index is 0.990. The van der Waals surface area contributed by atoms with Gasteiger partial charge in [-0.2, -0.15) is 0 Å². The lowest BCUT2D eigenvalue weighted by molar-refractivity contribution is 0.631. The van der Waals surface area contributed by atoms with Crippen LogP contribution >= 0.6 is 0 Å². The minimum atomic E-state index is 0.990. The molecule has 0 bridgehead atoms. The van der Waals surface area contributed by atoms with Crippen molar-refractivity contribution in [3.63, 3.8) is 0 Å². The van der Waals surface area contributed by atoms with Crippen LogP contribution in [0.4, 0.5) is 0 Å². The van der Waals surface area contributed by atoms with E-state index in [0.29, 0.717) is 0 Å². The van der Waals surface area contributed by atoms with Gasteiger partial charge < -0.3 is 0 Å². The summed E-state index contributed by atoms with van der Waals surface area (Å²) in [6.07, 6.45) is 4.96. The molecule has 0 N–H and O–H groups in total. The van der Waals surface area contributed by atoms with E-state index in [1.807, 2.05) is 6.07 Å². The molecule has 0 saturated carbocycles. The van der Waals surface area contributed by atoms with Gasteiger partial charge in [-0.25, -0.2) is 4.42 Å². The topological polar surface area (TPSA) is 11.3 Å². The molecule has 1 heterocycles. The number of hydrogen-bond acceptors (Lipinski definition) is 0. The first-order chi connectivity index (χ1) is 8.92. The van der Waals surface area contributed by atoms with Crippen LogP contribution in [0, 0.1) is 0 Å². The van der Waals surface area contributed by atoms with Crippen molar-refractivity contribution in [3.05, 3.63) is 53.6 Å². The molecule has 0 fully saturated rings. The Bertz CT molecular complexity index is 743. The Balaban J connectivity index is 2.11. The van der Waals surface area contributed by atoms with Crippen LogP contribution in [0.1, 0.15) is 24.0 Å². The molecule has 3 aromatic rings. The third-order valence-electron chi connectivity index (χ3n) is 3.95. The van der Waals surface area contributed by atoms with E-state index in [0.717, 1.165) is 17.6 Å². The fourth-order valence-electron chi connectivity index (χ4n) is 3.02. The highest BCUT2D eigenvalue weighted by Crippen LogP contribution is 2.31. The smallest absolute Gasteiger partial charge is 0.207 e. The van der Waals surface area contributed by atoms with E-state index in [4.69, 9.17) is 4.42 Å². The molecule has 1 aromatic heterocycles. The van der Waals surface area contributed by atoms with Gasteiger partial charge in [-0.15, -0.1) is 0 Å². The third kappa shape index (κ3) is 1.43. The molecule has 1 aliphatic carbocycles. The van der Waals surface area contributed by atoms with Gasteiger partial charge in [0.25, 0.3) is 0 Å². The minimum Gasteiger partial charge on any atom is -0.207 e. The standard InChI is InChI=1S/C17H15O/c1-3-7-15-12(5-1)9-10-14-11-13-6-2-4-8-16(13)18-17(14)15/h2,4,6,8-11H,1,3,5,7H2/q+1. The average Bonchev–Trinajstić information content (AvgIpc) is 2.45. The van der Waals surface area contributed by atoms with E-state index in [1.165, 1.54) is 41.2 Å². The van der Waals surface area contributed by atoms with Crippen molar-refractivity contribution < 1.29 is 4.42 Å². The van der Waals surface area contributed by atoms with Crippen molar-refractivity contribution in [2.24, 2.45) is 0 Å². The highest BCUT2D eigenvalue weighted by molar-refractivity contribution is 5.91. The predicted octanol–water partition coefficient (Wildman–Crippen LogP) is 4.75. The normalized spacial score (nSPS) is 14.9. The molecule has 0 atom stereocenters. The molecule has 88 valence electrons.